The van der Waals surface area contributed by atoms with Gasteiger partial charge in [-0.15, -0.1) is 0 Å². The van der Waals surface area contributed by atoms with Gasteiger partial charge < -0.3 is 40.3 Å². The van der Waals surface area contributed by atoms with Gasteiger partial charge in [0.2, 0.25) is 0 Å². The highest BCUT2D eigenvalue weighted by atomic mass is 35.5. The minimum absolute atomic E-state index is 0.133. The van der Waals surface area contributed by atoms with E-state index in [-0.39, 0.29) is 11.3 Å². The van der Waals surface area contributed by atoms with E-state index in [4.69, 9.17) is 37.8 Å². The molecule has 1 fully saturated rings. The third kappa shape index (κ3) is 6.24. The van der Waals surface area contributed by atoms with E-state index in [0.717, 1.165) is 12.1 Å². The Hall–Kier alpha value is -2.10. The fraction of sp³-hybridized carbons (Fsp3) is 0.529. The van der Waals surface area contributed by atoms with Crippen molar-refractivity contribution < 1.29 is 49.5 Å². The number of hydrogen-bond donors (Lipinski definition) is 6. The van der Waals surface area contributed by atoms with Crippen LogP contribution in [0.4, 0.5) is 5.69 Å². The zero-order valence-corrected chi connectivity index (χ0v) is 17.5. The Morgan fingerprint density at radius 1 is 1.16 bits per heavy atom. The number of amides is 1. The first-order chi connectivity index (χ1) is 14.9. The number of carboxylic acid groups (broad SMARTS) is 1. The average molecular weight is 499 g/mol. The molecule has 13 nitrogen and oxygen atoms in total. The first kappa shape index (κ1) is 26.2. The van der Waals surface area contributed by atoms with E-state index in [1.165, 1.54) is 12.1 Å². The summed E-state index contributed by atoms with van der Waals surface area (Å²) in [6.45, 7) is -0.610. The molecule has 0 bridgehead atoms. The zero-order chi connectivity index (χ0) is 24.2. The van der Waals surface area contributed by atoms with Crippen LogP contribution in [0, 0.1) is 10.1 Å². The molecule has 0 radical (unpaired) electrons. The van der Waals surface area contributed by atoms with Crippen LogP contribution in [-0.2, 0) is 19.1 Å². The van der Waals surface area contributed by atoms with Gasteiger partial charge in [0, 0.05) is 12.1 Å². The Morgan fingerprint density at radius 2 is 1.75 bits per heavy atom. The van der Waals surface area contributed by atoms with Crippen LogP contribution in [0.15, 0.2) is 24.3 Å². The second-order valence-electron chi connectivity index (χ2n) is 6.78. The standard InChI is InChI=1S/C17H20Cl2N2O11/c18-14(19)15(26)20-8(9(22)6-1-3-7(4-2-6)21(29)30)5-31-17-12(25)10(23)11(24)13(32-17)16(27)28/h1-4,8-14,17,22-25H,5H2,(H,20,26)(H,27,28)/t8-,9+,10+,11+,12-,13+,17-/m1/s1. The average Bonchev–Trinajstić information content (AvgIpc) is 2.75. The molecular formula is C17H20Cl2N2O11. The van der Waals surface area contributed by atoms with Gasteiger partial charge in [0.15, 0.2) is 17.2 Å². The summed E-state index contributed by atoms with van der Waals surface area (Å²) in [4.78, 5) is 31.7. The van der Waals surface area contributed by atoms with E-state index >= 15 is 0 Å². The number of alkyl halides is 2. The number of aliphatic hydroxyl groups is 4. The van der Waals surface area contributed by atoms with Crippen molar-refractivity contribution in [1.29, 1.82) is 0 Å². The molecule has 0 aliphatic carbocycles. The number of nitro benzene ring substituents is 1. The molecule has 0 saturated carbocycles. The second kappa shape index (κ2) is 11.2. The highest BCUT2D eigenvalue weighted by Gasteiger charge is 2.47. The summed E-state index contributed by atoms with van der Waals surface area (Å²) in [5.41, 5.74) is -0.112. The van der Waals surface area contributed by atoms with Crippen LogP contribution in [-0.4, -0.2) is 90.5 Å². The number of nitrogens with one attached hydrogen (secondary N) is 1. The fourth-order valence-electron chi connectivity index (χ4n) is 2.87. The van der Waals surface area contributed by atoms with Crippen molar-refractivity contribution in [3.63, 3.8) is 0 Å². The molecule has 7 atom stereocenters. The number of halogens is 2. The number of carbonyl (C=O) groups is 2. The first-order valence-corrected chi connectivity index (χ1v) is 9.86. The predicted octanol–water partition coefficient (Wildman–Crippen LogP) is -1.17. The molecule has 1 saturated heterocycles. The maximum absolute atomic E-state index is 11.9. The van der Waals surface area contributed by atoms with Gasteiger partial charge in [0.05, 0.1) is 17.6 Å². The first-order valence-electron chi connectivity index (χ1n) is 8.99. The molecular weight excluding hydrogens is 479 g/mol. The largest absolute Gasteiger partial charge is 0.479 e. The van der Waals surface area contributed by atoms with E-state index in [1.54, 1.807) is 0 Å². The van der Waals surface area contributed by atoms with Crippen LogP contribution in [0.5, 0.6) is 0 Å². The second-order valence-corrected chi connectivity index (χ2v) is 7.87. The van der Waals surface area contributed by atoms with Crippen LogP contribution in [0.1, 0.15) is 11.7 Å². The molecule has 15 heteroatoms. The number of carboxylic acids is 1. The summed E-state index contributed by atoms with van der Waals surface area (Å²) < 4.78 is 10.2. The lowest BCUT2D eigenvalue weighted by atomic mass is 9.99. The molecule has 1 aliphatic rings. The number of carbonyl (C=O) groups excluding carboxylic acids is 1. The highest BCUT2D eigenvalue weighted by Crippen LogP contribution is 2.25. The van der Waals surface area contributed by atoms with Crippen molar-refractivity contribution in [3.8, 4) is 0 Å². The van der Waals surface area contributed by atoms with Crippen LogP contribution < -0.4 is 5.32 Å². The Balaban J connectivity index is 2.18. The van der Waals surface area contributed by atoms with Crippen molar-refractivity contribution in [2.75, 3.05) is 6.61 Å². The number of aliphatic hydroxyl groups excluding tert-OH is 4. The lowest BCUT2D eigenvalue weighted by Gasteiger charge is -2.39. The number of benzene rings is 1. The van der Waals surface area contributed by atoms with Gasteiger partial charge >= 0.3 is 5.97 Å². The number of nitro groups is 1. The minimum Gasteiger partial charge on any atom is -0.479 e. The van der Waals surface area contributed by atoms with Gasteiger partial charge in [0.25, 0.3) is 11.6 Å². The van der Waals surface area contributed by atoms with Crippen molar-refractivity contribution in [1.82, 2.24) is 5.32 Å². The van der Waals surface area contributed by atoms with Crippen molar-refractivity contribution in [2.45, 2.75) is 47.7 Å². The fourth-order valence-corrected chi connectivity index (χ4v) is 3.00. The SMILES string of the molecule is O=C(N[C@H](CO[C@@H]1O[C@H](C(=O)O)[C@@H](O)[C@H](O)[C@H]1O)[C@@H](O)c1ccc([N+](=O)[O-])cc1)C(Cl)Cl. The van der Waals surface area contributed by atoms with Crippen molar-refractivity contribution in [2.24, 2.45) is 0 Å². The molecule has 0 aromatic heterocycles. The normalized spacial score (nSPS) is 27.5. The lowest BCUT2D eigenvalue weighted by Crippen LogP contribution is -2.61. The number of non-ortho nitro benzene ring substituents is 1. The number of nitrogens with zero attached hydrogens (tertiary/aromatic N) is 1. The smallest absolute Gasteiger partial charge is 0.335 e. The third-order valence-corrected chi connectivity index (χ3v) is 5.00. The zero-order valence-electron chi connectivity index (χ0n) is 16.0. The lowest BCUT2D eigenvalue weighted by molar-refractivity contribution is -0.384. The quantitative estimate of drug-likeness (QED) is 0.135. The topological polar surface area (TPSA) is 209 Å². The number of ether oxygens (including phenoxy) is 2. The van der Waals surface area contributed by atoms with Crippen LogP contribution in [0.3, 0.4) is 0 Å². The highest BCUT2D eigenvalue weighted by molar-refractivity contribution is 6.53. The molecule has 1 aliphatic heterocycles. The summed E-state index contributed by atoms with van der Waals surface area (Å²) in [6, 6.07) is 3.40. The third-order valence-electron chi connectivity index (χ3n) is 4.61. The summed E-state index contributed by atoms with van der Waals surface area (Å²) in [6.07, 6.45) is -10.9. The van der Waals surface area contributed by atoms with E-state index in [0.29, 0.717) is 0 Å². The molecule has 0 spiro atoms. The minimum atomic E-state index is -1.93. The Kier molecular flexibility index (Phi) is 9.12. The van der Waals surface area contributed by atoms with E-state index in [1.807, 2.05) is 0 Å². The molecule has 1 aromatic carbocycles. The molecule has 2 rings (SSSR count). The van der Waals surface area contributed by atoms with Gasteiger partial charge in [-0.25, -0.2) is 4.79 Å². The van der Waals surface area contributed by atoms with Crippen LogP contribution in [0.25, 0.3) is 0 Å². The number of rotatable bonds is 9. The van der Waals surface area contributed by atoms with Gasteiger partial charge in [0.1, 0.15) is 24.4 Å². The summed E-state index contributed by atoms with van der Waals surface area (Å²) in [5.74, 6) is -2.55. The van der Waals surface area contributed by atoms with E-state index in [2.05, 4.69) is 5.32 Å². The maximum Gasteiger partial charge on any atom is 0.335 e. The monoisotopic (exact) mass is 498 g/mol. The van der Waals surface area contributed by atoms with Crippen LogP contribution in [0.2, 0.25) is 0 Å². The Labute approximate surface area is 190 Å². The molecule has 178 valence electrons. The van der Waals surface area contributed by atoms with E-state index in [9.17, 15) is 40.1 Å². The van der Waals surface area contributed by atoms with E-state index < -0.39 is 71.1 Å². The molecule has 32 heavy (non-hydrogen) atoms. The van der Waals surface area contributed by atoms with Crippen LogP contribution >= 0.6 is 23.2 Å². The Bertz CT molecular complexity index is 825. The molecule has 0 unspecified atom stereocenters. The summed E-state index contributed by atoms with van der Waals surface area (Å²) >= 11 is 11.0. The van der Waals surface area contributed by atoms with Crippen molar-refractivity contribution >= 4 is 40.8 Å². The van der Waals surface area contributed by atoms with Gasteiger partial charge in [-0.3, -0.25) is 14.9 Å². The maximum atomic E-state index is 11.9. The van der Waals surface area contributed by atoms with Gasteiger partial charge in [-0.1, -0.05) is 23.2 Å². The van der Waals surface area contributed by atoms with Gasteiger partial charge in [-0.05, 0) is 17.7 Å². The summed E-state index contributed by atoms with van der Waals surface area (Å²) in [5, 5.41) is 62.4. The van der Waals surface area contributed by atoms with Crippen molar-refractivity contribution in [3.05, 3.63) is 39.9 Å². The number of aliphatic carboxylic acids is 1. The molecule has 1 amide bonds. The molecule has 1 heterocycles. The molecule has 1 aromatic rings. The Morgan fingerprint density at radius 3 is 2.25 bits per heavy atom. The molecule has 6 N–H and O–H groups in total. The number of hydrogen-bond acceptors (Lipinski definition) is 10. The summed E-state index contributed by atoms with van der Waals surface area (Å²) in [7, 11) is 0. The van der Waals surface area contributed by atoms with Gasteiger partial charge in [-0.2, -0.15) is 0 Å². The predicted molar refractivity (Wildman–Crippen MR) is 106 cm³/mol.